The standard InChI is InChI=1S/C35H41Cl2N5O4.CH4O3S/c1-40-29-8-6-5-7-28(29)39-34(40)38-25-11-15-41(16-12-25)17-13-35(24-9-10-26(36)27(37)21-24)14-18-42(22-35)33(43)23-19-30(44-2)32(46-4)31(20-23)45-3;1-5(2,3)4/h5-10,19-21,25H,11-18,22H2,1-4H3,(H,38,39);1H3,(H,2,3,4)/t35-;/m0./s1. The Morgan fingerprint density at radius 1 is 0.980 bits per heavy atom. The average molecular weight is 763 g/mol. The normalized spacial score (nSPS) is 18.3. The number of piperidine rings is 1. The van der Waals surface area contributed by atoms with Crippen LogP contribution in [0.15, 0.2) is 54.6 Å². The van der Waals surface area contributed by atoms with Gasteiger partial charge in [-0.25, -0.2) is 4.98 Å². The molecule has 0 bridgehead atoms. The number of likely N-dealkylation sites (tertiary alicyclic amines) is 2. The summed E-state index contributed by atoms with van der Waals surface area (Å²) in [5.41, 5.74) is 3.48. The molecule has 276 valence electrons. The number of imidazole rings is 1. The number of nitrogens with zero attached hydrogens (tertiary/aromatic N) is 4. The second kappa shape index (κ2) is 16.3. The lowest BCUT2D eigenvalue weighted by atomic mass is 9.76. The van der Waals surface area contributed by atoms with Crippen molar-refractivity contribution < 1.29 is 32.0 Å². The summed E-state index contributed by atoms with van der Waals surface area (Å²) in [4.78, 5) is 23.2. The van der Waals surface area contributed by atoms with Crippen LogP contribution in [0.4, 0.5) is 5.95 Å². The van der Waals surface area contributed by atoms with Gasteiger partial charge < -0.3 is 33.9 Å². The zero-order valence-corrected chi connectivity index (χ0v) is 31.8. The Hall–Kier alpha value is -3.75. The van der Waals surface area contributed by atoms with Gasteiger partial charge in [-0.15, -0.1) is 0 Å². The van der Waals surface area contributed by atoms with E-state index in [4.69, 9.17) is 46.9 Å². The summed E-state index contributed by atoms with van der Waals surface area (Å²) in [5, 5.41) is 4.74. The fourth-order valence-electron chi connectivity index (χ4n) is 6.97. The van der Waals surface area contributed by atoms with Crippen molar-refractivity contribution in [3.63, 3.8) is 0 Å². The highest BCUT2D eigenvalue weighted by molar-refractivity contribution is 7.85. The number of fused-ring (bicyclic) bond motifs is 1. The maximum absolute atomic E-state index is 13.9. The fraction of sp³-hybridized carbons (Fsp3) is 0.444. The Kier molecular flexibility index (Phi) is 12.3. The second-order valence-electron chi connectivity index (χ2n) is 13.0. The van der Waals surface area contributed by atoms with E-state index in [2.05, 4.69) is 40.0 Å². The van der Waals surface area contributed by atoms with Crippen molar-refractivity contribution >= 4 is 56.2 Å². The minimum absolute atomic E-state index is 0.0741. The molecule has 0 saturated carbocycles. The lowest BCUT2D eigenvalue weighted by Gasteiger charge is -2.36. The van der Waals surface area contributed by atoms with Crippen molar-refractivity contribution in [2.24, 2.45) is 7.05 Å². The lowest BCUT2D eigenvalue weighted by molar-refractivity contribution is 0.0779. The lowest BCUT2D eigenvalue weighted by Crippen LogP contribution is -2.42. The van der Waals surface area contributed by atoms with Gasteiger partial charge >= 0.3 is 0 Å². The van der Waals surface area contributed by atoms with Crippen molar-refractivity contribution in [3.8, 4) is 17.2 Å². The van der Waals surface area contributed by atoms with Gasteiger partial charge in [0, 0.05) is 50.2 Å². The van der Waals surface area contributed by atoms with Gasteiger partial charge in [-0.1, -0.05) is 41.4 Å². The number of rotatable bonds is 10. The molecule has 0 aliphatic carbocycles. The molecule has 2 N–H and O–H groups in total. The van der Waals surface area contributed by atoms with E-state index < -0.39 is 10.1 Å². The Balaban J connectivity index is 0.000000943. The predicted octanol–water partition coefficient (Wildman–Crippen LogP) is 6.16. The first-order chi connectivity index (χ1) is 24.2. The summed E-state index contributed by atoms with van der Waals surface area (Å²) in [7, 11) is 3.05. The molecule has 2 aliphatic rings. The first-order valence-corrected chi connectivity index (χ1v) is 19.2. The highest BCUT2D eigenvalue weighted by atomic mass is 35.5. The molecule has 51 heavy (non-hydrogen) atoms. The predicted molar refractivity (Wildman–Crippen MR) is 201 cm³/mol. The van der Waals surface area contributed by atoms with Crippen LogP contribution in [0.3, 0.4) is 0 Å². The van der Waals surface area contributed by atoms with Crippen LogP contribution in [0, 0.1) is 0 Å². The van der Waals surface area contributed by atoms with E-state index in [1.807, 2.05) is 29.2 Å². The molecular formula is C36H45Cl2N5O7S. The van der Waals surface area contributed by atoms with Gasteiger partial charge in [0.2, 0.25) is 11.7 Å². The Morgan fingerprint density at radius 2 is 1.63 bits per heavy atom. The monoisotopic (exact) mass is 761 g/mol. The third kappa shape index (κ3) is 9.19. The number of hydrogen-bond donors (Lipinski definition) is 2. The third-order valence-electron chi connectivity index (χ3n) is 9.70. The SMILES string of the molecule is COc1cc(C(=O)N2CC[C@](CCN3CCC(Nc4nc5ccccc5n4C)CC3)(c3ccc(Cl)c(Cl)c3)C2)cc(OC)c1OC.CS(=O)(=O)O. The Morgan fingerprint density at radius 3 is 2.22 bits per heavy atom. The van der Waals surface area contributed by atoms with Crippen LogP contribution in [0.1, 0.15) is 41.6 Å². The molecule has 2 aliphatic heterocycles. The van der Waals surface area contributed by atoms with E-state index in [-0.39, 0.29) is 11.3 Å². The average Bonchev–Trinajstić information content (AvgIpc) is 3.69. The zero-order chi connectivity index (χ0) is 36.9. The van der Waals surface area contributed by atoms with Gasteiger partial charge in [0.15, 0.2) is 11.5 Å². The van der Waals surface area contributed by atoms with Gasteiger partial charge in [-0.3, -0.25) is 9.35 Å². The quantitative estimate of drug-likeness (QED) is 0.181. The number of benzene rings is 3. The smallest absolute Gasteiger partial charge is 0.261 e. The van der Waals surface area contributed by atoms with Crippen LogP contribution in [-0.2, 0) is 22.6 Å². The van der Waals surface area contributed by atoms with Gasteiger partial charge in [-0.05, 0) is 74.2 Å². The van der Waals surface area contributed by atoms with Crippen LogP contribution >= 0.6 is 23.2 Å². The number of amides is 1. The molecule has 1 atom stereocenters. The number of para-hydroxylation sites is 2. The summed E-state index contributed by atoms with van der Waals surface area (Å²) < 4.78 is 44.5. The number of halogens is 2. The maximum atomic E-state index is 13.9. The number of carbonyl (C=O) groups excluding carboxylic acids is 1. The van der Waals surface area contributed by atoms with Crippen molar-refractivity contribution in [1.82, 2.24) is 19.4 Å². The molecule has 2 fully saturated rings. The summed E-state index contributed by atoms with van der Waals surface area (Å²) in [6, 6.07) is 17.9. The second-order valence-corrected chi connectivity index (χ2v) is 15.3. The van der Waals surface area contributed by atoms with Crippen LogP contribution in [-0.4, -0.2) is 105 Å². The molecule has 0 radical (unpaired) electrons. The first kappa shape index (κ1) is 38.5. The van der Waals surface area contributed by atoms with E-state index in [0.717, 1.165) is 67.9 Å². The molecule has 6 rings (SSSR count). The molecule has 3 aromatic carbocycles. The molecule has 0 unspecified atom stereocenters. The number of aromatic nitrogens is 2. The highest BCUT2D eigenvalue weighted by Crippen LogP contribution is 2.43. The number of hydrogen-bond acceptors (Lipinski definition) is 9. The fourth-order valence-corrected chi connectivity index (χ4v) is 7.27. The van der Waals surface area contributed by atoms with Gasteiger partial charge in [0.1, 0.15) is 0 Å². The van der Waals surface area contributed by atoms with Gasteiger partial charge in [-0.2, -0.15) is 8.42 Å². The molecule has 15 heteroatoms. The van der Waals surface area contributed by atoms with Gasteiger partial charge in [0.05, 0.1) is 48.7 Å². The molecular weight excluding hydrogens is 717 g/mol. The first-order valence-electron chi connectivity index (χ1n) is 16.6. The minimum atomic E-state index is -3.67. The molecule has 2 saturated heterocycles. The van der Waals surface area contributed by atoms with Crippen LogP contribution in [0.25, 0.3) is 11.0 Å². The summed E-state index contributed by atoms with van der Waals surface area (Å²) in [5.74, 6) is 2.21. The van der Waals surface area contributed by atoms with Crippen molar-refractivity contribution in [3.05, 3.63) is 75.8 Å². The minimum Gasteiger partial charge on any atom is -0.493 e. The number of aryl methyl sites for hydroxylation is 1. The van der Waals surface area contributed by atoms with Crippen LogP contribution in [0.5, 0.6) is 17.2 Å². The summed E-state index contributed by atoms with van der Waals surface area (Å²) in [6.07, 6.45) is 4.51. The zero-order valence-electron chi connectivity index (χ0n) is 29.5. The topological polar surface area (TPSA) is 135 Å². The third-order valence-corrected chi connectivity index (χ3v) is 10.4. The molecule has 0 spiro atoms. The van der Waals surface area contributed by atoms with E-state index in [9.17, 15) is 13.2 Å². The number of nitrogens with one attached hydrogen (secondary N) is 1. The molecule has 3 heterocycles. The number of anilines is 1. The van der Waals surface area contributed by atoms with Crippen molar-refractivity contribution in [2.45, 2.75) is 37.1 Å². The van der Waals surface area contributed by atoms with E-state index in [1.54, 1.807) is 33.5 Å². The van der Waals surface area contributed by atoms with Gasteiger partial charge in [0.25, 0.3) is 16.0 Å². The van der Waals surface area contributed by atoms with E-state index in [0.29, 0.717) is 58.2 Å². The molecule has 12 nitrogen and oxygen atoms in total. The number of carbonyl (C=O) groups is 1. The largest absolute Gasteiger partial charge is 0.493 e. The molecule has 1 amide bonds. The van der Waals surface area contributed by atoms with Crippen molar-refractivity contribution in [1.29, 1.82) is 0 Å². The van der Waals surface area contributed by atoms with Crippen LogP contribution in [0.2, 0.25) is 10.0 Å². The molecule has 1 aromatic heterocycles. The molecule has 4 aromatic rings. The Labute approximate surface area is 309 Å². The number of methoxy groups -OCH3 is 3. The van der Waals surface area contributed by atoms with E-state index >= 15 is 0 Å². The van der Waals surface area contributed by atoms with Crippen LogP contribution < -0.4 is 19.5 Å². The summed E-state index contributed by atoms with van der Waals surface area (Å²) in [6.45, 7) is 4.11. The van der Waals surface area contributed by atoms with Crippen molar-refractivity contribution in [2.75, 3.05) is 65.6 Å². The summed E-state index contributed by atoms with van der Waals surface area (Å²) >= 11 is 12.9. The highest BCUT2D eigenvalue weighted by Gasteiger charge is 2.42. The van der Waals surface area contributed by atoms with E-state index in [1.165, 1.54) is 0 Å². The number of ether oxygens (including phenoxy) is 3. The Bertz CT molecular complexity index is 1930. The maximum Gasteiger partial charge on any atom is 0.261 e.